The summed E-state index contributed by atoms with van der Waals surface area (Å²) >= 11 is 0. The third kappa shape index (κ3) is 3.61. The molecule has 5 heteroatoms. The second-order valence-electron chi connectivity index (χ2n) is 5.40. The van der Waals surface area contributed by atoms with Crippen molar-refractivity contribution in [2.75, 3.05) is 27.2 Å². The molecule has 0 fully saturated rings. The summed E-state index contributed by atoms with van der Waals surface area (Å²) in [6, 6.07) is 3.81. The van der Waals surface area contributed by atoms with Gasteiger partial charge < -0.3 is 15.5 Å². The molecular weight excluding hydrogens is 254 g/mol. The molecule has 0 aromatic carbocycles. The fourth-order valence-corrected chi connectivity index (χ4v) is 2.35. The maximum atomic E-state index is 12.4. The van der Waals surface area contributed by atoms with E-state index in [1.165, 1.54) is 0 Å². The van der Waals surface area contributed by atoms with E-state index in [2.05, 4.69) is 5.32 Å². The Morgan fingerprint density at radius 3 is 2.50 bits per heavy atom. The molecule has 0 saturated heterocycles. The molecular formula is C15H27N3O2. The van der Waals surface area contributed by atoms with Crippen LogP contribution in [0, 0.1) is 5.41 Å². The van der Waals surface area contributed by atoms with Crippen molar-refractivity contribution in [1.29, 1.82) is 0 Å². The highest BCUT2D eigenvalue weighted by molar-refractivity contribution is 5.82. The lowest BCUT2D eigenvalue weighted by Gasteiger charge is -2.30. The number of rotatable bonds is 8. The molecule has 0 saturated carbocycles. The van der Waals surface area contributed by atoms with Crippen molar-refractivity contribution >= 4 is 5.91 Å². The van der Waals surface area contributed by atoms with Crippen molar-refractivity contribution < 1.29 is 9.21 Å². The van der Waals surface area contributed by atoms with Gasteiger partial charge in [0.05, 0.1) is 17.7 Å². The molecule has 0 aliphatic rings. The summed E-state index contributed by atoms with van der Waals surface area (Å²) in [4.78, 5) is 14.4. The van der Waals surface area contributed by atoms with E-state index in [1.807, 2.05) is 45.0 Å². The maximum Gasteiger partial charge on any atom is 0.227 e. The highest BCUT2D eigenvalue weighted by atomic mass is 16.3. The van der Waals surface area contributed by atoms with E-state index in [0.29, 0.717) is 13.1 Å². The van der Waals surface area contributed by atoms with Gasteiger partial charge in [-0.25, -0.2) is 0 Å². The van der Waals surface area contributed by atoms with Gasteiger partial charge in [-0.15, -0.1) is 0 Å². The number of furan rings is 1. The van der Waals surface area contributed by atoms with Gasteiger partial charge in [0, 0.05) is 13.1 Å². The Bertz CT molecular complexity index is 389. The third-order valence-corrected chi connectivity index (χ3v) is 4.18. The predicted molar refractivity (Wildman–Crippen MR) is 80.2 cm³/mol. The predicted octanol–water partition coefficient (Wildman–Crippen LogP) is 1.76. The van der Waals surface area contributed by atoms with Gasteiger partial charge in [-0.2, -0.15) is 0 Å². The second-order valence-corrected chi connectivity index (χ2v) is 5.40. The van der Waals surface area contributed by atoms with E-state index >= 15 is 0 Å². The number of likely N-dealkylation sites (N-methyl/N-ethyl adjacent to an activating group) is 1. The zero-order chi connectivity index (χ0) is 15.2. The molecule has 20 heavy (non-hydrogen) atoms. The van der Waals surface area contributed by atoms with Gasteiger partial charge in [-0.3, -0.25) is 9.69 Å². The summed E-state index contributed by atoms with van der Waals surface area (Å²) in [5.74, 6) is 0.880. The van der Waals surface area contributed by atoms with Crippen LogP contribution in [0.1, 0.15) is 38.5 Å². The van der Waals surface area contributed by atoms with Crippen molar-refractivity contribution in [3.63, 3.8) is 0 Å². The lowest BCUT2D eigenvalue weighted by molar-refractivity contribution is -0.131. The molecule has 0 bridgehead atoms. The Hall–Kier alpha value is -1.33. The number of amides is 1. The van der Waals surface area contributed by atoms with E-state index in [1.54, 1.807) is 6.26 Å². The summed E-state index contributed by atoms with van der Waals surface area (Å²) in [7, 11) is 3.93. The van der Waals surface area contributed by atoms with E-state index in [-0.39, 0.29) is 11.9 Å². The molecule has 0 radical (unpaired) electrons. The van der Waals surface area contributed by atoms with Crippen LogP contribution >= 0.6 is 0 Å². The molecule has 3 N–H and O–H groups in total. The minimum absolute atomic E-state index is 0.0261. The lowest BCUT2D eigenvalue weighted by atomic mass is 9.81. The Morgan fingerprint density at radius 2 is 2.10 bits per heavy atom. The average Bonchev–Trinajstić information content (AvgIpc) is 2.95. The molecule has 1 aromatic heterocycles. The van der Waals surface area contributed by atoms with Gasteiger partial charge in [-0.05, 0) is 39.1 Å². The molecule has 0 aliphatic heterocycles. The first-order valence-electron chi connectivity index (χ1n) is 7.19. The molecule has 0 aliphatic carbocycles. The highest BCUT2D eigenvalue weighted by Gasteiger charge is 2.33. The van der Waals surface area contributed by atoms with Crippen LogP contribution in [0.2, 0.25) is 0 Å². The van der Waals surface area contributed by atoms with Gasteiger partial charge >= 0.3 is 0 Å². The first-order valence-corrected chi connectivity index (χ1v) is 7.19. The van der Waals surface area contributed by atoms with Gasteiger partial charge in [0.15, 0.2) is 0 Å². The van der Waals surface area contributed by atoms with Crippen LogP contribution in [-0.4, -0.2) is 38.0 Å². The Kier molecular flexibility index (Phi) is 6.23. The second kappa shape index (κ2) is 7.45. The van der Waals surface area contributed by atoms with Crippen LogP contribution in [0.5, 0.6) is 0 Å². The van der Waals surface area contributed by atoms with Crippen molar-refractivity contribution in [2.45, 2.75) is 32.7 Å². The van der Waals surface area contributed by atoms with Crippen LogP contribution in [0.15, 0.2) is 22.8 Å². The van der Waals surface area contributed by atoms with E-state index in [0.717, 1.165) is 18.6 Å². The third-order valence-electron chi connectivity index (χ3n) is 4.18. The smallest absolute Gasteiger partial charge is 0.227 e. The Morgan fingerprint density at radius 1 is 1.45 bits per heavy atom. The SMILES string of the molecule is CCC(CC)(CN)C(=O)NCC(c1ccco1)N(C)C. The van der Waals surface area contributed by atoms with Crippen LogP contribution in [-0.2, 0) is 4.79 Å². The monoisotopic (exact) mass is 281 g/mol. The molecule has 5 nitrogen and oxygen atoms in total. The molecule has 1 atom stereocenters. The minimum atomic E-state index is -0.458. The van der Waals surface area contributed by atoms with E-state index < -0.39 is 5.41 Å². The summed E-state index contributed by atoms with van der Waals surface area (Å²) in [5, 5.41) is 3.03. The van der Waals surface area contributed by atoms with Gasteiger partial charge in [0.2, 0.25) is 5.91 Å². The van der Waals surface area contributed by atoms with Crippen molar-refractivity contribution in [2.24, 2.45) is 11.1 Å². The van der Waals surface area contributed by atoms with Crippen molar-refractivity contribution in [1.82, 2.24) is 10.2 Å². The fourth-order valence-electron chi connectivity index (χ4n) is 2.35. The average molecular weight is 281 g/mol. The fraction of sp³-hybridized carbons (Fsp3) is 0.667. The van der Waals surface area contributed by atoms with Gasteiger partial charge in [0.1, 0.15) is 5.76 Å². The lowest BCUT2D eigenvalue weighted by Crippen LogP contribution is -2.47. The number of hydrogen-bond donors (Lipinski definition) is 2. The Balaban J connectivity index is 2.71. The summed E-state index contributed by atoms with van der Waals surface area (Å²) in [6.45, 7) is 4.90. The largest absolute Gasteiger partial charge is 0.468 e. The van der Waals surface area contributed by atoms with Crippen molar-refractivity contribution in [3.05, 3.63) is 24.2 Å². The van der Waals surface area contributed by atoms with Crippen molar-refractivity contribution in [3.8, 4) is 0 Å². The van der Waals surface area contributed by atoms with E-state index in [4.69, 9.17) is 10.2 Å². The topological polar surface area (TPSA) is 71.5 Å². The first kappa shape index (κ1) is 16.7. The zero-order valence-corrected chi connectivity index (χ0v) is 13.0. The standard InChI is InChI=1S/C15H27N3O2/c1-5-15(6-2,11-16)14(19)17-10-12(18(3)4)13-8-7-9-20-13/h7-9,12H,5-6,10-11,16H2,1-4H3,(H,17,19). The number of carbonyl (C=O) groups is 1. The van der Waals surface area contributed by atoms with Crippen LogP contribution in [0.4, 0.5) is 0 Å². The molecule has 1 heterocycles. The zero-order valence-electron chi connectivity index (χ0n) is 13.0. The Labute approximate surface area is 121 Å². The summed E-state index contributed by atoms with van der Waals surface area (Å²) < 4.78 is 5.44. The minimum Gasteiger partial charge on any atom is -0.468 e. The summed E-state index contributed by atoms with van der Waals surface area (Å²) in [5.41, 5.74) is 5.34. The molecule has 1 rings (SSSR count). The highest BCUT2D eigenvalue weighted by Crippen LogP contribution is 2.25. The summed E-state index contributed by atoms with van der Waals surface area (Å²) in [6.07, 6.45) is 3.15. The first-order chi connectivity index (χ1) is 9.50. The number of nitrogens with two attached hydrogens (primary N) is 1. The molecule has 1 unspecified atom stereocenters. The van der Waals surface area contributed by atoms with Crippen LogP contribution in [0.3, 0.4) is 0 Å². The van der Waals surface area contributed by atoms with E-state index in [9.17, 15) is 4.79 Å². The molecule has 1 aromatic rings. The molecule has 0 spiro atoms. The number of nitrogens with zero attached hydrogens (tertiary/aromatic N) is 1. The molecule has 1 amide bonds. The van der Waals surface area contributed by atoms with Crippen LogP contribution in [0.25, 0.3) is 0 Å². The molecule has 114 valence electrons. The maximum absolute atomic E-state index is 12.4. The normalized spacial score (nSPS) is 13.5. The quantitative estimate of drug-likeness (QED) is 0.761. The number of hydrogen-bond acceptors (Lipinski definition) is 4. The van der Waals surface area contributed by atoms with Crippen LogP contribution < -0.4 is 11.1 Å². The van der Waals surface area contributed by atoms with Gasteiger partial charge in [0.25, 0.3) is 0 Å². The van der Waals surface area contributed by atoms with Gasteiger partial charge in [-0.1, -0.05) is 13.8 Å². The number of carbonyl (C=O) groups excluding carboxylic acids is 1. The number of nitrogens with one attached hydrogen (secondary N) is 1.